The first kappa shape index (κ1) is 13.4. The SMILES string of the molecule is CCNC(CC1Cc2ccccc21)c1cc(C)oc1C. The molecule has 3 rings (SSSR count). The molecule has 0 fully saturated rings. The zero-order valence-corrected chi connectivity index (χ0v) is 12.6. The van der Waals surface area contributed by atoms with Crippen molar-refractivity contribution in [1.29, 1.82) is 0 Å². The molecule has 1 heterocycles. The molecule has 2 unspecified atom stereocenters. The summed E-state index contributed by atoms with van der Waals surface area (Å²) in [6.07, 6.45) is 2.37. The summed E-state index contributed by atoms with van der Waals surface area (Å²) in [6, 6.07) is 11.4. The third-order valence-electron chi connectivity index (χ3n) is 4.39. The first-order chi connectivity index (χ1) is 9.69. The van der Waals surface area contributed by atoms with Crippen LogP contribution in [0.15, 0.2) is 34.7 Å². The molecule has 2 aromatic rings. The molecule has 20 heavy (non-hydrogen) atoms. The van der Waals surface area contributed by atoms with Gasteiger partial charge in [0, 0.05) is 11.6 Å². The van der Waals surface area contributed by atoms with Crippen molar-refractivity contribution in [3.63, 3.8) is 0 Å². The maximum absolute atomic E-state index is 5.70. The van der Waals surface area contributed by atoms with E-state index in [1.165, 1.54) is 23.1 Å². The van der Waals surface area contributed by atoms with Gasteiger partial charge < -0.3 is 9.73 Å². The molecule has 106 valence electrons. The smallest absolute Gasteiger partial charge is 0.105 e. The van der Waals surface area contributed by atoms with Crippen LogP contribution in [-0.2, 0) is 6.42 Å². The summed E-state index contributed by atoms with van der Waals surface area (Å²) in [5.74, 6) is 2.75. The standard InChI is InChI=1S/C18H23NO/c1-4-19-18(17-9-12(2)20-13(17)3)11-15-10-14-7-5-6-8-16(14)15/h5-9,15,18-19H,4,10-11H2,1-3H3. The van der Waals surface area contributed by atoms with Crippen LogP contribution in [0.25, 0.3) is 0 Å². The summed E-state index contributed by atoms with van der Waals surface area (Å²) in [5, 5.41) is 3.62. The number of hydrogen-bond donors (Lipinski definition) is 1. The maximum Gasteiger partial charge on any atom is 0.105 e. The Labute approximate surface area is 121 Å². The highest BCUT2D eigenvalue weighted by Gasteiger charge is 2.29. The molecule has 0 amide bonds. The molecular weight excluding hydrogens is 246 g/mol. The van der Waals surface area contributed by atoms with Gasteiger partial charge in [-0.05, 0) is 56.3 Å². The molecule has 2 heteroatoms. The van der Waals surface area contributed by atoms with E-state index >= 15 is 0 Å². The number of furan rings is 1. The van der Waals surface area contributed by atoms with E-state index in [1.807, 2.05) is 6.92 Å². The molecule has 0 aliphatic heterocycles. The molecule has 1 aliphatic rings. The number of benzene rings is 1. The molecular formula is C18H23NO. The van der Waals surface area contributed by atoms with Crippen molar-refractivity contribution in [2.75, 3.05) is 6.54 Å². The Morgan fingerprint density at radius 3 is 2.75 bits per heavy atom. The van der Waals surface area contributed by atoms with Gasteiger partial charge in [0.15, 0.2) is 0 Å². The zero-order valence-electron chi connectivity index (χ0n) is 12.6. The van der Waals surface area contributed by atoms with Gasteiger partial charge in [-0.15, -0.1) is 0 Å². The summed E-state index contributed by atoms with van der Waals surface area (Å²) in [6.45, 7) is 7.26. The second kappa shape index (κ2) is 5.45. The van der Waals surface area contributed by atoms with Gasteiger partial charge in [-0.25, -0.2) is 0 Å². The topological polar surface area (TPSA) is 25.2 Å². The molecule has 0 saturated carbocycles. The van der Waals surface area contributed by atoms with Gasteiger partial charge in [0.1, 0.15) is 11.5 Å². The van der Waals surface area contributed by atoms with Gasteiger partial charge in [0.25, 0.3) is 0 Å². The van der Waals surface area contributed by atoms with Crippen LogP contribution in [0, 0.1) is 13.8 Å². The molecule has 0 radical (unpaired) electrons. The molecule has 1 aliphatic carbocycles. The molecule has 1 aromatic carbocycles. The second-order valence-corrected chi connectivity index (χ2v) is 5.81. The average Bonchev–Trinajstić information content (AvgIpc) is 2.74. The highest BCUT2D eigenvalue weighted by atomic mass is 16.3. The molecule has 0 spiro atoms. The number of aryl methyl sites for hydroxylation is 2. The Hall–Kier alpha value is -1.54. The minimum Gasteiger partial charge on any atom is -0.466 e. The summed E-state index contributed by atoms with van der Waals surface area (Å²) < 4.78 is 5.70. The molecule has 1 aromatic heterocycles. The molecule has 2 atom stereocenters. The first-order valence-corrected chi connectivity index (χ1v) is 7.57. The van der Waals surface area contributed by atoms with Gasteiger partial charge >= 0.3 is 0 Å². The monoisotopic (exact) mass is 269 g/mol. The average molecular weight is 269 g/mol. The Morgan fingerprint density at radius 1 is 1.30 bits per heavy atom. The van der Waals surface area contributed by atoms with Crippen LogP contribution in [0.2, 0.25) is 0 Å². The lowest BCUT2D eigenvalue weighted by Gasteiger charge is -2.33. The quantitative estimate of drug-likeness (QED) is 0.876. The van der Waals surface area contributed by atoms with Crippen LogP contribution in [-0.4, -0.2) is 6.54 Å². The molecule has 0 bridgehead atoms. The minimum absolute atomic E-state index is 0.399. The van der Waals surface area contributed by atoms with Crippen molar-refractivity contribution in [2.45, 2.75) is 45.6 Å². The number of fused-ring (bicyclic) bond motifs is 1. The molecule has 1 N–H and O–H groups in total. The Kier molecular flexibility index (Phi) is 3.66. The van der Waals surface area contributed by atoms with Gasteiger partial charge in [-0.1, -0.05) is 31.2 Å². The van der Waals surface area contributed by atoms with Crippen molar-refractivity contribution in [3.05, 3.63) is 58.5 Å². The van der Waals surface area contributed by atoms with Gasteiger partial charge in [-0.2, -0.15) is 0 Å². The van der Waals surface area contributed by atoms with Crippen LogP contribution in [0.3, 0.4) is 0 Å². The van der Waals surface area contributed by atoms with E-state index < -0.39 is 0 Å². The van der Waals surface area contributed by atoms with Crippen LogP contribution in [0.5, 0.6) is 0 Å². The highest BCUT2D eigenvalue weighted by molar-refractivity contribution is 5.40. The second-order valence-electron chi connectivity index (χ2n) is 5.81. The van der Waals surface area contributed by atoms with Crippen LogP contribution in [0.1, 0.15) is 53.5 Å². The van der Waals surface area contributed by atoms with Gasteiger partial charge in [-0.3, -0.25) is 0 Å². The largest absolute Gasteiger partial charge is 0.466 e. The van der Waals surface area contributed by atoms with Crippen LogP contribution in [0.4, 0.5) is 0 Å². The van der Waals surface area contributed by atoms with Crippen molar-refractivity contribution in [3.8, 4) is 0 Å². The van der Waals surface area contributed by atoms with Crippen molar-refractivity contribution in [2.24, 2.45) is 0 Å². The molecule has 2 nitrogen and oxygen atoms in total. The fraction of sp³-hybridized carbons (Fsp3) is 0.444. The minimum atomic E-state index is 0.399. The highest BCUT2D eigenvalue weighted by Crippen LogP contribution is 2.41. The van der Waals surface area contributed by atoms with Crippen LogP contribution < -0.4 is 5.32 Å². The third kappa shape index (κ3) is 2.40. The zero-order chi connectivity index (χ0) is 14.1. The Balaban J connectivity index is 1.78. The summed E-state index contributed by atoms with van der Waals surface area (Å²) >= 11 is 0. The van der Waals surface area contributed by atoms with E-state index in [0.717, 1.165) is 24.5 Å². The predicted molar refractivity (Wildman–Crippen MR) is 82.1 cm³/mol. The van der Waals surface area contributed by atoms with Crippen molar-refractivity contribution >= 4 is 0 Å². The fourth-order valence-corrected chi connectivity index (χ4v) is 3.42. The van der Waals surface area contributed by atoms with Crippen molar-refractivity contribution < 1.29 is 4.42 Å². The lowest BCUT2D eigenvalue weighted by atomic mass is 9.74. The summed E-state index contributed by atoms with van der Waals surface area (Å²) in [7, 11) is 0. The lowest BCUT2D eigenvalue weighted by molar-refractivity contribution is 0.425. The third-order valence-corrected chi connectivity index (χ3v) is 4.39. The Morgan fingerprint density at radius 2 is 2.10 bits per heavy atom. The number of nitrogens with one attached hydrogen (secondary N) is 1. The van der Waals surface area contributed by atoms with E-state index in [-0.39, 0.29) is 0 Å². The summed E-state index contributed by atoms with van der Waals surface area (Å²) in [4.78, 5) is 0. The summed E-state index contributed by atoms with van der Waals surface area (Å²) in [5.41, 5.74) is 4.38. The van der Waals surface area contributed by atoms with Gasteiger partial charge in [0.05, 0.1) is 0 Å². The van der Waals surface area contributed by atoms with Gasteiger partial charge in [0.2, 0.25) is 0 Å². The maximum atomic E-state index is 5.70. The van der Waals surface area contributed by atoms with E-state index in [4.69, 9.17) is 4.42 Å². The Bertz CT molecular complexity index is 599. The molecule has 0 saturated heterocycles. The van der Waals surface area contributed by atoms with Crippen molar-refractivity contribution in [1.82, 2.24) is 5.32 Å². The van der Waals surface area contributed by atoms with E-state index in [2.05, 4.69) is 49.5 Å². The van der Waals surface area contributed by atoms with E-state index in [9.17, 15) is 0 Å². The number of rotatable bonds is 5. The van der Waals surface area contributed by atoms with E-state index in [1.54, 1.807) is 0 Å². The predicted octanol–water partition coefficient (Wildman–Crippen LogP) is 4.28. The fourth-order valence-electron chi connectivity index (χ4n) is 3.42. The number of hydrogen-bond acceptors (Lipinski definition) is 2. The lowest BCUT2D eigenvalue weighted by Crippen LogP contribution is -2.27. The normalized spacial score (nSPS) is 18.4. The van der Waals surface area contributed by atoms with Crippen LogP contribution >= 0.6 is 0 Å². The van der Waals surface area contributed by atoms with E-state index in [0.29, 0.717) is 12.0 Å². The first-order valence-electron chi connectivity index (χ1n) is 7.57.